The molecule has 5 nitrogen and oxygen atoms in total. The molecule has 0 radical (unpaired) electrons. The second kappa shape index (κ2) is 6.96. The first-order chi connectivity index (χ1) is 9.72. The van der Waals surface area contributed by atoms with Crippen molar-refractivity contribution in [3.8, 4) is 11.5 Å². The molecule has 0 aliphatic rings. The molecule has 0 spiro atoms. The lowest BCUT2D eigenvalue weighted by Gasteiger charge is -2.16. The van der Waals surface area contributed by atoms with Gasteiger partial charge in [0.2, 0.25) is 0 Å². The Kier molecular flexibility index (Phi) is 5.01. The van der Waals surface area contributed by atoms with E-state index in [9.17, 15) is 0 Å². The molecule has 0 bridgehead atoms. The number of benzene rings is 1. The van der Waals surface area contributed by atoms with Crippen LogP contribution in [0.25, 0.3) is 0 Å². The zero-order valence-electron chi connectivity index (χ0n) is 12.2. The van der Waals surface area contributed by atoms with Crippen molar-refractivity contribution in [1.29, 1.82) is 0 Å². The fraction of sp³-hybridized carbons (Fsp3) is 0.400. The SMILES string of the molecule is COc1ccc(OC)c(CNC(C)Cn2cccn2)c1. The van der Waals surface area contributed by atoms with Gasteiger partial charge in [-0.3, -0.25) is 4.68 Å². The lowest BCUT2D eigenvalue weighted by molar-refractivity contribution is 0.392. The van der Waals surface area contributed by atoms with Crippen LogP contribution in [0.2, 0.25) is 0 Å². The van der Waals surface area contributed by atoms with E-state index < -0.39 is 0 Å². The first-order valence-electron chi connectivity index (χ1n) is 6.64. The third-order valence-corrected chi connectivity index (χ3v) is 3.15. The quantitative estimate of drug-likeness (QED) is 0.840. The van der Waals surface area contributed by atoms with Crippen molar-refractivity contribution >= 4 is 0 Å². The number of hydrogen-bond donors (Lipinski definition) is 1. The maximum absolute atomic E-state index is 5.37. The van der Waals surface area contributed by atoms with Gasteiger partial charge in [0.25, 0.3) is 0 Å². The number of hydrogen-bond acceptors (Lipinski definition) is 4. The summed E-state index contributed by atoms with van der Waals surface area (Å²) < 4.78 is 12.5. The Balaban J connectivity index is 1.95. The van der Waals surface area contributed by atoms with Crippen molar-refractivity contribution in [1.82, 2.24) is 15.1 Å². The van der Waals surface area contributed by atoms with Gasteiger partial charge < -0.3 is 14.8 Å². The fourth-order valence-corrected chi connectivity index (χ4v) is 2.06. The molecule has 0 fully saturated rings. The van der Waals surface area contributed by atoms with Crippen molar-refractivity contribution in [2.45, 2.75) is 26.1 Å². The van der Waals surface area contributed by atoms with E-state index in [1.165, 1.54) is 0 Å². The molecule has 108 valence electrons. The summed E-state index contributed by atoms with van der Waals surface area (Å²) in [7, 11) is 3.35. The normalized spacial score (nSPS) is 12.2. The Hall–Kier alpha value is -2.01. The summed E-state index contributed by atoms with van der Waals surface area (Å²) in [5.41, 5.74) is 1.08. The van der Waals surface area contributed by atoms with Crippen LogP contribution in [0.3, 0.4) is 0 Å². The molecule has 0 saturated carbocycles. The molecule has 1 aromatic heterocycles. The third-order valence-electron chi connectivity index (χ3n) is 3.15. The summed E-state index contributed by atoms with van der Waals surface area (Å²) in [6.07, 6.45) is 3.75. The van der Waals surface area contributed by atoms with E-state index in [1.807, 2.05) is 35.1 Å². The van der Waals surface area contributed by atoms with Gasteiger partial charge in [0.15, 0.2) is 0 Å². The molecule has 5 heteroatoms. The van der Waals surface area contributed by atoms with Gasteiger partial charge in [0, 0.05) is 30.5 Å². The van der Waals surface area contributed by atoms with Crippen LogP contribution in [0.5, 0.6) is 11.5 Å². The van der Waals surface area contributed by atoms with E-state index in [-0.39, 0.29) is 0 Å². The number of nitrogens with one attached hydrogen (secondary N) is 1. The van der Waals surface area contributed by atoms with Gasteiger partial charge in [0.1, 0.15) is 11.5 Å². The second-order valence-corrected chi connectivity index (χ2v) is 4.69. The fourth-order valence-electron chi connectivity index (χ4n) is 2.06. The number of methoxy groups -OCH3 is 2. The molecule has 0 amide bonds. The molecule has 0 saturated heterocycles. The predicted molar refractivity (Wildman–Crippen MR) is 78.1 cm³/mol. The van der Waals surface area contributed by atoms with Crippen molar-refractivity contribution in [3.05, 3.63) is 42.2 Å². The molecule has 2 aromatic rings. The van der Waals surface area contributed by atoms with E-state index in [1.54, 1.807) is 20.4 Å². The predicted octanol–water partition coefficient (Wildman–Crippen LogP) is 2.08. The highest BCUT2D eigenvalue weighted by Gasteiger charge is 2.08. The van der Waals surface area contributed by atoms with Gasteiger partial charge >= 0.3 is 0 Å². The van der Waals surface area contributed by atoms with Crippen LogP contribution in [0.4, 0.5) is 0 Å². The van der Waals surface area contributed by atoms with Crippen LogP contribution in [0, 0.1) is 0 Å². The highest BCUT2D eigenvalue weighted by atomic mass is 16.5. The zero-order valence-corrected chi connectivity index (χ0v) is 12.2. The molecule has 0 aliphatic heterocycles. The highest BCUT2D eigenvalue weighted by molar-refractivity contribution is 5.40. The van der Waals surface area contributed by atoms with E-state index in [0.717, 1.165) is 30.2 Å². The molecular formula is C15H21N3O2. The lowest BCUT2D eigenvalue weighted by Crippen LogP contribution is -2.30. The van der Waals surface area contributed by atoms with Crippen LogP contribution >= 0.6 is 0 Å². The van der Waals surface area contributed by atoms with Crippen molar-refractivity contribution < 1.29 is 9.47 Å². The summed E-state index contributed by atoms with van der Waals surface area (Å²) >= 11 is 0. The van der Waals surface area contributed by atoms with E-state index >= 15 is 0 Å². The van der Waals surface area contributed by atoms with E-state index in [4.69, 9.17) is 9.47 Å². The topological polar surface area (TPSA) is 48.3 Å². The number of ether oxygens (including phenoxy) is 2. The molecule has 1 unspecified atom stereocenters. The van der Waals surface area contributed by atoms with Gasteiger partial charge in [-0.1, -0.05) is 0 Å². The lowest BCUT2D eigenvalue weighted by atomic mass is 10.1. The number of aromatic nitrogens is 2. The van der Waals surface area contributed by atoms with Gasteiger partial charge in [-0.15, -0.1) is 0 Å². The summed E-state index contributed by atoms with van der Waals surface area (Å²) in [5.74, 6) is 1.70. The van der Waals surface area contributed by atoms with Crippen molar-refractivity contribution in [2.75, 3.05) is 14.2 Å². The Morgan fingerprint density at radius 1 is 1.30 bits per heavy atom. The maximum atomic E-state index is 5.37. The molecule has 1 heterocycles. The van der Waals surface area contributed by atoms with Crippen LogP contribution < -0.4 is 14.8 Å². The minimum Gasteiger partial charge on any atom is -0.497 e. The Bertz CT molecular complexity index is 526. The monoisotopic (exact) mass is 275 g/mol. The van der Waals surface area contributed by atoms with Crippen LogP contribution in [0.1, 0.15) is 12.5 Å². The van der Waals surface area contributed by atoms with Gasteiger partial charge in [0.05, 0.1) is 20.8 Å². The van der Waals surface area contributed by atoms with Gasteiger partial charge in [-0.25, -0.2) is 0 Å². The summed E-state index contributed by atoms with van der Waals surface area (Å²) in [4.78, 5) is 0. The first-order valence-corrected chi connectivity index (χ1v) is 6.64. The average Bonchev–Trinajstić information content (AvgIpc) is 2.97. The largest absolute Gasteiger partial charge is 0.497 e. The smallest absolute Gasteiger partial charge is 0.123 e. The van der Waals surface area contributed by atoms with E-state index in [2.05, 4.69) is 17.3 Å². The molecule has 2 rings (SSSR count). The molecule has 0 aliphatic carbocycles. The van der Waals surface area contributed by atoms with Gasteiger partial charge in [-0.05, 0) is 31.2 Å². The number of nitrogens with zero attached hydrogens (tertiary/aromatic N) is 2. The highest BCUT2D eigenvalue weighted by Crippen LogP contribution is 2.23. The first kappa shape index (κ1) is 14.4. The van der Waals surface area contributed by atoms with Crippen LogP contribution in [-0.4, -0.2) is 30.0 Å². The zero-order chi connectivity index (χ0) is 14.4. The standard InChI is InChI=1S/C15H21N3O2/c1-12(11-18-8-4-7-17-18)16-10-13-9-14(19-2)5-6-15(13)20-3/h4-9,12,16H,10-11H2,1-3H3. The van der Waals surface area contributed by atoms with Crippen LogP contribution in [0.15, 0.2) is 36.7 Å². The van der Waals surface area contributed by atoms with Crippen LogP contribution in [-0.2, 0) is 13.1 Å². The average molecular weight is 275 g/mol. The maximum Gasteiger partial charge on any atom is 0.123 e. The Labute approximate surface area is 119 Å². The minimum absolute atomic E-state index is 0.311. The van der Waals surface area contributed by atoms with E-state index in [0.29, 0.717) is 6.04 Å². The third kappa shape index (κ3) is 3.74. The Morgan fingerprint density at radius 2 is 2.15 bits per heavy atom. The molecule has 1 atom stereocenters. The number of rotatable bonds is 7. The van der Waals surface area contributed by atoms with Crippen molar-refractivity contribution in [2.24, 2.45) is 0 Å². The Morgan fingerprint density at radius 3 is 2.80 bits per heavy atom. The molecule has 1 N–H and O–H groups in total. The summed E-state index contributed by atoms with van der Waals surface area (Å²) in [6, 6.07) is 8.05. The molecule has 20 heavy (non-hydrogen) atoms. The van der Waals surface area contributed by atoms with Crippen molar-refractivity contribution in [3.63, 3.8) is 0 Å². The molecular weight excluding hydrogens is 254 g/mol. The van der Waals surface area contributed by atoms with Gasteiger partial charge in [-0.2, -0.15) is 5.10 Å². The molecule has 1 aromatic carbocycles. The minimum atomic E-state index is 0.311. The second-order valence-electron chi connectivity index (χ2n) is 4.69. The summed E-state index contributed by atoms with van der Waals surface area (Å²) in [6.45, 7) is 3.69. The summed E-state index contributed by atoms with van der Waals surface area (Å²) in [5, 5.41) is 7.67.